The van der Waals surface area contributed by atoms with E-state index in [0.29, 0.717) is 26.3 Å². The van der Waals surface area contributed by atoms with Crippen LogP contribution in [0, 0.1) is 10.8 Å². The first-order valence-electron chi connectivity index (χ1n) is 5.54. The predicted octanol–water partition coefficient (Wildman–Crippen LogP) is 0.335. The van der Waals surface area contributed by atoms with E-state index in [0.717, 1.165) is 6.42 Å². The number of aliphatic hydroxyl groups excluding tert-OH is 1. The third kappa shape index (κ3) is 4.93. The van der Waals surface area contributed by atoms with Crippen molar-refractivity contribution in [2.24, 2.45) is 22.3 Å². The van der Waals surface area contributed by atoms with Gasteiger partial charge in [0, 0.05) is 23.9 Å². The van der Waals surface area contributed by atoms with Crippen LogP contribution in [0.25, 0.3) is 0 Å². The van der Waals surface area contributed by atoms with Crippen molar-refractivity contribution in [1.82, 2.24) is 0 Å². The molecule has 0 heterocycles. The van der Waals surface area contributed by atoms with Gasteiger partial charge in [-0.15, -0.1) is 0 Å². The lowest BCUT2D eigenvalue weighted by atomic mass is 9.86. The first-order valence-corrected chi connectivity index (χ1v) is 5.54. The lowest BCUT2D eigenvalue weighted by Gasteiger charge is -2.31. The van der Waals surface area contributed by atoms with Crippen LogP contribution in [-0.2, 0) is 4.74 Å². The first kappa shape index (κ1) is 14.8. The monoisotopic (exact) mass is 218 g/mol. The van der Waals surface area contributed by atoms with Crippen LogP contribution in [0.15, 0.2) is 0 Å². The molecule has 0 aromatic carbocycles. The summed E-state index contributed by atoms with van der Waals surface area (Å²) in [6, 6.07) is 0. The van der Waals surface area contributed by atoms with Gasteiger partial charge in [0.05, 0.1) is 19.8 Å². The molecule has 0 radical (unpaired) electrons. The van der Waals surface area contributed by atoms with Crippen LogP contribution in [0.2, 0.25) is 0 Å². The Hall–Kier alpha value is -0.160. The zero-order chi connectivity index (χ0) is 11.9. The third-order valence-electron chi connectivity index (χ3n) is 2.95. The number of hydrogen-bond donors (Lipinski definition) is 3. The lowest BCUT2D eigenvalue weighted by Crippen LogP contribution is -2.42. The van der Waals surface area contributed by atoms with E-state index < -0.39 is 0 Å². The number of ether oxygens (including phenoxy) is 1. The minimum atomic E-state index is -0.192. The maximum absolute atomic E-state index is 9.07. The van der Waals surface area contributed by atoms with Gasteiger partial charge in [0.15, 0.2) is 0 Å². The van der Waals surface area contributed by atoms with E-state index in [-0.39, 0.29) is 17.4 Å². The Morgan fingerprint density at radius 2 is 1.67 bits per heavy atom. The summed E-state index contributed by atoms with van der Waals surface area (Å²) in [7, 11) is 0. The molecule has 0 aliphatic carbocycles. The van der Waals surface area contributed by atoms with Crippen molar-refractivity contribution < 1.29 is 9.84 Å². The van der Waals surface area contributed by atoms with E-state index in [1.807, 2.05) is 13.8 Å². The van der Waals surface area contributed by atoms with Crippen LogP contribution in [0.1, 0.15) is 27.2 Å². The summed E-state index contributed by atoms with van der Waals surface area (Å²) in [5.41, 5.74) is 11.1. The molecule has 4 heteroatoms. The predicted molar refractivity (Wildman–Crippen MR) is 62.5 cm³/mol. The lowest BCUT2D eigenvalue weighted by molar-refractivity contribution is -0.0116. The van der Waals surface area contributed by atoms with Gasteiger partial charge in [0.1, 0.15) is 0 Å². The fourth-order valence-corrected chi connectivity index (χ4v) is 1.18. The Balaban J connectivity index is 4.02. The fourth-order valence-electron chi connectivity index (χ4n) is 1.18. The second-order valence-electron chi connectivity index (χ2n) is 5.08. The van der Waals surface area contributed by atoms with Gasteiger partial charge in [-0.3, -0.25) is 0 Å². The zero-order valence-corrected chi connectivity index (χ0v) is 10.3. The van der Waals surface area contributed by atoms with Gasteiger partial charge < -0.3 is 21.3 Å². The van der Waals surface area contributed by atoms with Crippen LogP contribution in [0.4, 0.5) is 0 Å². The molecule has 0 atom stereocenters. The van der Waals surface area contributed by atoms with Crippen molar-refractivity contribution in [3.8, 4) is 0 Å². The smallest absolute Gasteiger partial charge is 0.0546 e. The van der Waals surface area contributed by atoms with E-state index in [1.54, 1.807) is 0 Å². The number of rotatable bonds is 8. The van der Waals surface area contributed by atoms with Crippen molar-refractivity contribution in [1.29, 1.82) is 0 Å². The Kier molecular flexibility index (Phi) is 6.36. The first-order chi connectivity index (χ1) is 6.95. The highest BCUT2D eigenvalue weighted by atomic mass is 16.5. The molecule has 0 saturated carbocycles. The largest absolute Gasteiger partial charge is 0.396 e. The molecule has 15 heavy (non-hydrogen) atoms. The van der Waals surface area contributed by atoms with Gasteiger partial charge in [0.25, 0.3) is 0 Å². The molecular weight excluding hydrogens is 192 g/mol. The molecule has 0 aromatic heterocycles. The number of aliphatic hydroxyl groups is 1. The zero-order valence-electron chi connectivity index (χ0n) is 10.3. The molecule has 0 rings (SSSR count). The van der Waals surface area contributed by atoms with Crippen LogP contribution in [0.5, 0.6) is 0 Å². The maximum atomic E-state index is 9.07. The van der Waals surface area contributed by atoms with Gasteiger partial charge in [-0.25, -0.2) is 0 Å². The highest BCUT2D eigenvalue weighted by molar-refractivity contribution is 4.80. The van der Waals surface area contributed by atoms with Crippen LogP contribution in [-0.4, -0.2) is 38.0 Å². The SMILES string of the molecule is CCC(CN)(CN)COCC(C)(C)CO. The van der Waals surface area contributed by atoms with E-state index in [2.05, 4.69) is 6.92 Å². The second-order valence-corrected chi connectivity index (χ2v) is 5.08. The highest BCUT2D eigenvalue weighted by Crippen LogP contribution is 2.21. The van der Waals surface area contributed by atoms with E-state index >= 15 is 0 Å². The van der Waals surface area contributed by atoms with Gasteiger partial charge in [0.2, 0.25) is 0 Å². The minimum absolute atomic E-state index is 0.106. The van der Waals surface area contributed by atoms with Gasteiger partial charge in [-0.05, 0) is 6.42 Å². The Morgan fingerprint density at radius 1 is 1.13 bits per heavy atom. The second kappa shape index (κ2) is 6.43. The number of nitrogens with two attached hydrogens (primary N) is 2. The molecule has 92 valence electrons. The summed E-state index contributed by atoms with van der Waals surface area (Å²) < 4.78 is 5.61. The van der Waals surface area contributed by atoms with Crippen LogP contribution >= 0.6 is 0 Å². The molecule has 0 aliphatic rings. The average molecular weight is 218 g/mol. The van der Waals surface area contributed by atoms with Crippen molar-refractivity contribution in [2.45, 2.75) is 27.2 Å². The van der Waals surface area contributed by atoms with Crippen molar-refractivity contribution >= 4 is 0 Å². The topological polar surface area (TPSA) is 81.5 Å². The Bertz CT molecular complexity index is 160. The summed E-state index contributed by atoms with van der Waals surface area (Å²) in [5.74, 6) is 0. The third-order valence-corrected chi connectivity index (χ3v) is 2.95. The van der Waals surface area contributed by atoms with Crippen molar-refractivity contribution in [3.63, 3.8) is 0 Å². The summed E-state index contributed by atoms with van der Waals surface area (Å²) in [4.78, 5) is 0. The summed E-state index contributed by atoms with van der Waals surface area (Å²) in [6.45, 7) is 8.30. The molecule has 5 N–H and O–H groups in total. The molecule has 0 spiro atoms. The molecule has 0 amide bonds. The molecule has 0 fully saturated rings. The minimum Gasteiger partial charge on any atom is -0.396 e. The van der Waals surface area contributed by atoms with E-state index in [1.165, 1.54) is 0 Å². The molecule has 0 aliphatic heterocycles. The van der Waals surface area contributed by atoms with Gasteiger partial charge in [-0.2, -0.15) is 0 Å². The standard InChI is InChI=1S/C11H26N2O2/c1-4-11(5-12,6-13)9-15-8-10(2,3)7-14/h14H,4-9,12-13H2,1-3H3. The highest BCUT2D eigenvalue weighted by Gasteiger charge is 2.26. The van der Waals surface area contributed by atoms with Crippen molar-refractivity contribution in [2.75, 3.05) is 32.9 Å². The van der Waals surface area contributed by atoms with Gasteiger partial charge in [-0.1, -0.05) is 20.8 Å². The molecule has 0 aromatic rings. The summed E-state index contributed by atoms with van der Waals surface area (Å²) in [5, 5.41) is 9.07. The van der Waals surface area contributed by atoms with Crippen molar-refractivity contribution in [3.05, 3.63) is 0 Å². The molecule has 4 nitrogen and oxygen atoms in total. The fraction of sp³-hybridized carbons (Fsp3) is 1.00. The molecule has 0 saturated heterocycles. The maximum Gasteiger partial charge on any atom is 0.0546 e. The quantitative estimate of drug-likeness (QED) is 0.548. The molecule has 0 bridgehead atoms. The summed E-state index contributed by atoms with van der Waals surface area (Å²) in [6.07, 6.45) is 0.916. The van der Waals surface area contributed by atoms with E-state index in [4.69, 9.17) is 21.3 Å². The Morgan fingerprint density at radius 3 is 2.00 bits per heavy atom. The summed E-state index contributed by atoms with van der Waals surface area (Å²) >= 11 is 0. The van der Waals surface area contributed by atoms with E-state index in [9.17, 15) is 0 Å². The molecule has 0 unspecified atom stereocenters. The number of hydrogen-bond acceptors (Lipinski definition) is 4. The van der Waals surface area contributed by atoms with Gasteiger partial charge >= 0.3 is 0 Å². The molecular formula is C11H26N2O2. The average Bonchev–Trinajstić information content (AvgIpc) is 2.25. The van der Waals surface area contributed by atoms with Crippen LogP contribution < -0.4 is 11.5 Å². The van der Waals surface area contributed by atoms with Crippen LogP contribution in [0.3, 0.4) is 0 Å². The Labute approximate surface area is 93.0 Å². The normalized spacial score (nSPS) is 13.2.